The molecule has 7 heteroatoms. The van der Waals surface area contributed by atoms with Crippen LogP contribution in [0.5, 0.6) is 0 Å². The maximum atomic E-state index is 12.3. The first-order valence-corrected chi connectivity index (χ1v) is 18.2. The van der Waals surface area contributed by atoms with Gasteiger partial charge in [-0.3, -0.25) is 10.1 Å². The quantitative estimate of drug-likeness (QED) is 0.0803. The van der Waals surface area contributed by atoms with Crippen molar-refractivity contribution in [2.75, 3.05) is 0 Å². The van der Waals surface area contributed by atoms with E-state index in [4.69, 9.17) is 10.1 Å². The summed E-state index contributed by atoms with van der Waals surface area (Å²) in [5.41, 5.74) is 6.19. The highest BCUT2D eigenvalue weighted by Gasteiger charge is 2.42. The molecule has 7 nitrogen and oxygen atoms in total. The van der Waals surface area contributed by atoms with Gasteiger partial charge >= 0.3 is 0 Å². The van der Waals surface area contributed by atoms with Crippen LogP contribution in [0.3, 0.4) is 0 Å². The maximum Gasteiger partial charge on any atom is 0.270 e. The minimum Gasteiger partial charge on any atom is -0.318 e. The fourth-order valence-corrected chi connectivity index (χ4v) is 8.18. The highest BCUT2D eigenvalue weighted by molar-refractivity contribution is 5.94. The molecule has 55 heavy (non-hydrogen) atoms. The van der Waals surface area contributed by atoms with E-state index >= 15 is 0 Å². The van der Waals surface area contributed by atoms with Gasteiger partial charge in [-0.25, -0.2) is 9.67 Å². The first kappa shape index (κ1) is 33.5. The number of non-ortho nitro benzene ring substituents is 1. The number of fused-ring (bicyclic) bond motifs is 1. The lowest BCUT2D eigenvalue weighted by molar-refractivity contribution is -0.384. The summed E-state index contributed by atoms with van der Waals surface area (Å²) in [7, 11) is 0. The Morgan fingerprint density at radius 2 is 0.873 bits per heavy atom. The van der Waals surface area contributed by atoms with E-state index < -0.39 is 11.1 Å². The van der Waals surface area contributed by atoms with Crippen molar-refractivity contribution in [1.29, 1.82) is 0 Å². The molecule has 0 saturated heterocycles. The molecule has 0 unspecified atom stereocenters. The molecule has 264 valence electrons. The Morgan fingerprint density at radius 3 is 1.25 bits per heavy atom. The number of nitro benzene ring substituents is 1. The smallest absolute Gasteiger partial charge is 0.270 e. The molecule has 0 N–H and O–H groups in total. The molecule has 0 saturated carbocycles. The molecule has 2 heterocycles. The third kappa shape index (κ3) is 5.44. The van der Waals surface area contributed by atoms with Crippen LogP contribution >= 0.6 is 0 Å². The van der Waals surface area contributed by atoms with Gasteiger partial charge in [0.15, 0.2) is 0 Å². The van der Waals surface area contributed by atoms with E-state index in [9.17, 15) is 10.1 Å². The average Bonchev–Trinajstić information content (AvgIpc) is 3.90. The number of aromatic nitrogens is 4. The van der Waals surface area contributed by atoms with Crippen molar-refractivity contribution in [2.24, 2.45) is 0 Å². The number of benzene rings is 7. The molecule has 0 bridgehead atoms. The zero-order chi connectivity index (χ0) is 37.2. The highest BCUT2D eigenvalue weighted by Crippen LogP contribution is 2.46. The molecule has 9 aromatic rings. The van der Waals surface area contributed by atoms with Gasteiger partial charge in [-0.05, 0) is 39.4 Å². The minimum absolute atomic E-state index is 0.0235. The van der Waals surface area contributed by atoms with Gasteiger partial charge in [0, 0.05) is 23.7 Å². The molecule has 9 rings (SSSR count). The second kappa shape index (κ2) is 13.9. The lowest BCUT2D eigenvalue weighted by Gasteiger charge is -2.37. The molecule has 0 atom stereocenters. The molecule has 0 aliphatic carbocycles. The third-order valence-electron chi connectivity index (χ3n) is 10.6. The van der Waals surface area contributed by atoms with E-state index in [1.807, 2.05) is 96.1 Å². The summed E-state index contributed by atoms with van der Waals surface area (Å²) in [4.78, 5) is 17.1. The second-order valence-electron chi connectivity index (χ2n) is 13.5. The van der Waals surface area contributed by atoms with Crippen LogP contribution in [0, 0.1) is 10.1 Å². The van der Waals surface area contributed by atoms with Crippen LogP contribution < -0.4 is 0 Å². The number of nitrogens with zero attached hydrogens (tertiary/aromatic N) is 5. The summed E-state index contributed by atoms with van der Waals surface area (Å²) < 4.78 is 4.17. The fraction of sp³-hybridized carbons (Fsp3) is 0.0417. The van der Waals surface area contributed by atoms with Crippen LogP contribution in [0.1, 0.15) is 33.4 Å². The number of rotatable bonds is 10. The Morgan fingerprint density at radius 1 is 0.491 bits per heavy atom. The third-order valence-corrected chi connectivity index (χ3v) is 10.6. The van der Waals surface area contributed by atoms with Gasteiger partial charge in [-0.1, -0.05) is 182 Å². The predicted octanol–water partition coefficient (Wildman–Crippen LogP) is 10.5. The molecular weight excluding hydrogens is 679 g/mol. The number of imidazole rings is 1. The van der Waals surface area contributed by atoms with Crippen LogP contribution in [0.15, 0.2) is 213 Å². The standard InChI is InChI=1S/C48H35N5O2/c54-53(55)42-31-32-45-43(33-42)46(50-52(45)48(39-25-13-4-14-26-39,40-27-15-5-16-28-40)41-29-17-6-18-30-41)44-34-51(35-49-44)47(36-19-7-1-8-20-36,37-21-9-2-10-22-37)38-23-11-3-12-24-38/h1-35H. The summed E-state index contributed by atoms with van der Waals surface area (Å²) in [6.07, 6.45) is 3.87. The van der Waals surface area contributed by atoms with Crippen LogP contribution in [-0.4, -0.2) is 24.3 Å². The van der Waals surface area contributed by atoms with E-state index in [-0.39, 0.29) is 10.6 Å². The zero-order valence-corrected chi connectivity index (χ0v) is 29.8. The van der Waals surface area contributed by atoms with Crippen molar-refractivity contribution in [2.45, 2.75) is 11.1 Å². The molecule has 7 aromatic carbocycles. The van der Waals surface area contributed by atoms with Gasteiger partial charge in [0.2, 0.25) is 0 Å². The van der Waals surface area contributed by atoms with Crippen molar-refractivity contribution in [3.8, 4) is 11.4 Å². The monoisotopic (exact) mass is 713 g/mol. The van der Waals surface area contributed by atoms with Crippen molar-refractivity contribution < 1.29 is 4.92 Å². The van der Waals surface area contributed by atoms with E-state index in [0.717, 1.165) is 38.9 Å². The first-order valence-electron chi connectivity index (χ1n) is 18.2. The first-order chi connectivity index (χ1) is 27.1. The van der Waals surface area contributed by atoms with Crippen LogP contribution in [-0.2, 0) is 11.1 Å². The molecule has 0 fully saturated rings. The lowest BCUT2D eigenvalue weighted by Crippen LogP contribution is -2.38. The Bertz CT molecular complexity index is 2520. The van der Waals surface area contributed by atoms with Gasteiger partial charge in [-0.15, -0.1) is 0 Å². The summed E-state index contributed by atoms with van der Waals surface area (Å²) in [6.45, 7) is 0. The minimum atomic E-state index is -0.957. The highest BCUT2D eigenvalue weighted by atomic mass is 16.6. The Labute approximate surface area is 318 Å². The van der Waals surface area contributed by atoms with Crippen LogP contribution in [0.25, 0.3) is 22.3 Å². The average molecular weight is 714 g/mol. The van der Waals surface area contributed by atoms with Crippen LogP contribution in [0.2, 0.25) is 0 Å². The van der Waals surface area contributed by atoms with Gasteiger partial charge in [-0.2, -0.15) is 5.10 Å². The number of nitro groups is 1. The summed E-state index contributed by atoms with van der Waals surface area (Å²) >= 11 is 0. The van der Waals surface area contributed by atoms with E-state index in [0.29, 0.717) is 16.8 Å². The van der Waals surface area contributed by atoms with Crippen molar-refractivity contribution in [3.63, 3.8) is 0 Å². The van der Waals surface area contributed by atoms with E-state index in [1.54, 1.807) is 12.1 Å². The van der Waals surface area contributed by atoms with E-state index in [2.05, 4.69) is 114 Å². The van der Waals surface area contributed by atoms with Crippen molar-refractivity contribution >= 4 is 16.6 Å². The van der Waals surface area contributed by atoms with Crippen molar-refractivity contribution in [1.82, 2.24) is 19.3 Å². The van der Waals surface area contributed by atoms with Gasteiger partial charge in [0.1, 0.15) is 22.5 Å². The topological polar surface area (TPSA) is 78.8 Å². The molecule has 0 aliphatic rings. The van der Waals surface area contributed by atoms with Gasteiger partial charge in [0.05, 0.1) is 16.8 Å². The summed E-state index contributed by atoms with van der Waals surface area (Å²) in [6, 6.07) is 67.1. The lowest BCUT2D eigenvalue weighted by atomic mass is 9.77. The van der Waals surface area contributed by atoms with Gasteiger partial charge < -0.3 is 4.57 Å². The fourth-order valence-electron chi connectivity index (χ4n) is 8.18. The largest absolute Gasteiger partial charge is 0.318 e. The number of hydrogen-bond donors (Lipinski definition) is 0. The molecule has 2 aromatic heterocycles. The molecule has 0 amide bonds. The van der Waals surface area contributed by atoms with Crippen molar-refractivity contribution in [3.05, 3.63) is 256 Å². The Hall–Kier alpha value is -7.38. The molecule has 0 spiro atoms. The van der Waals surface area contributed by atoms with E-state index in [1.165, 1.54) is 0 Å². The van der Waals surface area contributed by atoms with Crippen LogP contribution in [0.4, 0.5) is 5.69 Å². The summed E-state index contributed by atoms with van der Waals surface area (Å²) in [5.74, 6) is 0. The molecular formula is C48H35N5O2. The summed E-state index contributed by atoms with van der Waals surface area (Å²) in [5, 5.41) is 18.4. The second-order valence-corrected chi connectivity index (χ2v) is 13.5. The van der Waals surface area contributed by atoms with Gasteiger partial charge in [0.25, 0.3) is 5.69 Å². The normalized spacial score (nSPS) is 11.8. The number of hydrogen-bond acceptors (Lipinski definition) is 4. The Kier molecular flexibility index (Phi) is 8.44. The maximum absolute atomic E-state index is 12.3. The Balaban J connectivity index is 1.36. The molecule has 0 radical (unpaired) electrons. The SMILES string of the molecule is O=[N+]([O-])c1ccc2c(c1)c(-c1cn(C(c3ccccc3)(c3ccccc3)c3ccccc3)cn1)nn2C(c1ccccc1)(c1ccccc1)c1ccccc1. The zero-order valence-electron chi connectivity index (χ0n) is 29.8. The predicted molar refractivity (Wildman–Crippen MR) is 217 cm³/mol. The molecule has 0 aliphatic heterocycles.